The van der Waals surface area contributed by atoms with Crippen LogP contribution >= 0.6 is 0 Å². The lowest BCUT2D eigenvalue weighted by molar-refractivity contribution is 0.0920. The molecule has 0 saturated carbocycles. The Balaban J connectivity index is 2.15. The van der Waals surface area contributed by atoms with Gasteiger partial charge in [-0.1, -0.05) is 6.08 Å². The molecule has 62 valence electrons. The lowest BCUT2D eigenvalue weighted by atomic mass is 9.99. The molecule has 1 heterocycles. The van der Waals surface area contributed by atoms with Gasteiger partial charge in [0.15, 0.2) is 0 Å². The Morgan fingerprint density at radius 2 is 2.45 bits per heavy atom. The van der Waals surface area contributed by atoms with Crippen molar-refractivity contribution >= 4 is 0 Å². The number of fused-ring (bicyclic) bond motifs is 1. The molecule has 3 atom stereocenters. The van der Waals surface area contributed by atoms with E-state index in [-0.39, 0.29) is 18.6 Å². The Morgan fingerprint density at radius 1 is 1.64 bits per heavy atom. The second-order valence-electron chi connectivity index (χ2n) is 3.13. The molecule has 1 saturated heterocycles. The standard InChI is InChI=1S/C8H12O3/c9-4-5-3-7-6(8(5)10)1-2-11-7/h3,6-10H,1-2,4H2/t6-,7-,8+/m1/s1. The van der Waals surface area contributed by atoms with Crippen LogP contribution in [0.3, 0.4) is 0 Å². The second-order valence-corrected chi connectivity index (χ2v) is 3.13. The number of ether oxygens (including phenoxy) is 1. The molecular weight excluding hydrogens is 144 g/mol. The molecule has 0 unspecified atom stereocenters. The Kier molecular flexibility index (Phi) is 1.71. The lowest BCUT2D eigenvalue weighted by Gasteiger charge is -2.13. The number of rotatable bonds is 1. The van der Waals surface area contributed by atoms with Crippen LogP contribution in [0.2, 0.25) is 0 Å². The van der Waals surface area contributed by atoms with Gasteiger partial charge < -0.3 is 14.9 Å². The highest BCUT2D eigenvalue weighted by Gasteiger charge is 2.39. The molecule has 2 rings (SSSR count). The molecule has 1 fully saturated rings. The first-order chi connectivity index (χ1) is 5.33. The van der Waals surface area contributed by atoms with Crippen molar-refractivity contribution in [3.05, 3.63) is 11.6 Å². The van der Waals surface area contributed by atoms with Gasteiger partial charge in [0.2, 0.25) is 0 Å². The first kappa shape index (κ1) is 7.28. The quantitative estimate of drug-likeness (QED) is 0.512. The summed E-state index contributed by atoms with van der Waals surface area (Å²) < 4.78 is 5.33. The molecule has 2 N–H and O–H groups in total. The van der Waals surface area contributed by atoms with Crippen LogP contribution in [0.15, 0.2) is 11.6 Å². The molecule has 0 spiro atoms. The minimum Gasteiger partial charge on any atom is -0.392 e. The van der Waals surface area contributed by atoms with Crippen molar-refractivity contribution in [2.24, 2.45) is 5.92 Å². The van der Waals surface area contributed by atoms with Crippen LogP contribution in [0, 0.1) is 5.92 Å². The van der Waals surface area contributed by atoms with Crippen LogP contribution in [0.5, 0.6) is 0 Å². The van der Waals surface area contributed by atoms with Gasteiger partial charge in [-0.25, -0.2) is 0 Å². The Morgan fingerprint density at radius 3 is 3.09 bits per heavy atom. The minimum absolute atomic E-state index is 0.0441. The topological polar surface area (TPSA) is 49.7 Å². The fraction of sp³-hybridized carbons (Fsp3) is 0.750. The number of hydrogen-bond acceptors (Lipinski definition) is 3. The van der Waals surface area contributed by atoms with Gasteiger partial charge >= 0.3 is 0 Å². The highest BCUT2D eigenvalue weighted by molar-refractivity contribution is 5.22. The molecule has 2 aliphatic rings. The summed E-state index contributed by atoms with van der Waals surface area (Å²) in [7, 11) is 0. The molecule has 3 nitrogen and oxygen atoms in total. The highest BCUT2D eigenvalue weighted by Crippen LogP contribution is 2.34. The predicted molar refractivity (Wildman–Crippen MR) is 39.0 cm³/mol. The molecule has 11 heavy (non-hydrogen) atoms. The third-order valence-corrected chi connectivity index (χ3v) is 2.53. The van der Waals surface area contributed by atoms with E-state index in [2.05, 4.69) is 0 Å². The minimum atomic E-state index is -0.465. The number of aliphatic hydroxyl groups is 2. The van der Waals surface area contributed by atoms with Gasteiger partial charge in [-0.2, -0.15) is 0 Å². The Hall–Kier alpha value is -0.380. The van der Waals surface area contributed by atoms with E-state index in [0.717, 1.165) is 18.6 Å². The normalized spacial score (nSPS) is 42.4. The smallest absolute Gasteiger partial charge is 0.0830 e. The maximum atomic E-state index is 9.55. The summed E-state index contributed by atoms with van der Waals surface area (Å²) >= 11 is 0. The molecule has 1 aliphatic heterocycles. The molecule has 0 aromatic heterocycles. The van der Waals surface area contributed by atoms with Crippen molar-refractivity contribution in [3.8, 4) is 0 Å². The van der Waals surface area contributed by atoms with Crippen LogP contribution in [0.25, 0.3) is 0 Å². The summed E-state index contributed by atoms with van der Waals surface area (Å²) in [6, 6.07) is 0. The third-order valence-electron chi connectivity index (χ3n) is 2.53. The van der Waals surface area contributed by atoms with Gasteiger partial charge in [-0.3, -0.25) is 0 Å². The molecule has 0 radical (unpaired) electrons. The monoisotopic (exact) mass is 156 g/mol. The molecule has 0 aromatic carbocycles. The van der Waals surface area contributed by atoms with Crippen molar-refractivity contribution in [1.82, 2.24) is 0 Å². The summed E-state index contributed by atoms with van der Waals surface area (Å²) in [5.74, 6) is 0.206. The third kappa shape index (κ3) is 1.00. The summed E-state index contributed by atoms with van der Waals surface area (Å²) in [4.78, 5) is 0. The van der Waals surface area contributed by atoms with E-state index in [0.29, 0.717) is 0 Å². The highest BCUT2D eigenvalue weighted by atomic mass is 16.5. The van der Waals surface area contributed by atoms with Gasteiger partial charge in [0.1, 0.15) is 0 Å². The van der Waals surface area contributed by atoms with E-state index in [1.807, 2.05) is 6.08 Å². The first-order valence-electron chi connectivity index (χ1n) is 3.94. The average Bonchev–Trinajstić information content (AvgIpc) is 2.53. The second kappa shape index (κ2) is 2.59. The zero-order valence-corrected chi connectivity index (χ0v) is 6.23. The SMILES string of the molecule is OCC1=C[C@H]2OCC[C@H]2[C@H]1O. The first-order valence-corrected chi connectivity index (χ1v) is 3.94. The van der Waals surface area contributed by atoms with E-state index in [1.165, 1.54) is 0 Å². The van der Waals surface area contributed by atoms with E-state index >= 15 is 0 Å². The van der Waals surface area contributed by atoms with E-state index in [4.69, 9.17) is 9.84 Å². The van der Waals surface area contributed by atoms with Crippen LogP contribution in [0.1, 0.15) is 6.42 Å². The van der Waals surface area contributed by atoms with Gasteiger partial charge in [0, 0.05) is 12.5 Å². The maximum absolute atomic E-state index is 9.55. The summed E-state index contributed by atoms with van der Waals surface area (Å²) in [5.41, 5.74) is 0.722. The van der Waals surface area contributed by atoms with Gasteiger partial charge in [0.05, 0.1) is 18.8 Å². The number of aliphatic hydroxyl groups excluding tert-OH is 2. The van der Waals surface area contributed by atoms with E-state index in [1.54, 1.807) is 0 Å². The van der Waals surface area contributed by atoms with Crippen molar-refractivity contribution in [3.63, 3.8) is 0 Å². The molecule has 0 amide bonds. The largest absolute Gasteiger partial charge is 0.392 e. The molecular formula is C8H12O3. The fourth-order valence-corrected chi connectivity index (χ4v) is 1.87. The Bertz CT molecular complexity index is 188. The molecule has 1 aliphatic carbocycles. The zero-order chi connectivity index (χ0) is 7.84. The molecule has 0 aromatic rings. The van der Waals surface area contributed by atoms with Crippen molar-refractivity contribution < 1.29 is 14.9 Å². The summed E-state index contributed by atoms with van der Waals surface area (Å²) in [5, 5.41) is 18.4. The van der Waals surface area contributed by atoms with Crippen molar-refractivity contribution in [2.45, 2.75) is 18.6 Å². The maximum Gasteiger partial charge on any atom is 0.0830 e. The van der Waals surface area contributed by atoms with Crippen LogP contribution < -0.4 is 0 Å². The van der Waals surface area contributed by atoms with Gasteiger partial charge in [0.25, 0.3) is 0 Å². The molecule has 0 bridgehead atoms. The Labute approximate surface area is 65.3 Å². The summed E-state index contributed by atoms with van der Waals surface area (Å²) in [6.07, 6.45) is 2.35. The average molecular weight is 156 g/mol. The zero-order valence-electron chi connectivity index (χ0n) is 6.23. The van der Waals surface area contributed by atoms with E-state index in [9.17, 15) is 5.11 Å². The fourth-order valence-electron chi connectivity index (χ4n) is 1.87. The van der Waals surface area contributed by atoms with Crippen LogP contribution in [-0.2, 0) is 4.74 Å². The van der Waals surface area contributed by atoms with E-state index < -0.39 is 6.10 Å². The van der Waals surface area contributed by atoms with Crippen LogP contribution in [0.4, 0.5) is 0 Å². The van der Waals surface area contributed by atoms with Gasteiger partial charge in [-0.15, -0.1) is 0 Å². The number of hydrogen-bond donors (Lipinski definition) is 2. The lowest BCUT2D eigenvalue weighted by Crippen LogP contribution is -2.21. The van der Waals surface area contributed by atoms with Crippen molar-refractivity contribution in [2.75, 3.05) is 13.2 Å². The van der Waals surface area contributed by atoms with Crippen LogP contribution in [-0.4, -0.2) is 35.6 Å². The van der Waals surface area contributed by atoms with Gasteiger partial charge in [-0.05, 0) is 12.0 Å². The summed E-state index contributed by atoms with van der Waals surface area (Å²) in [6.45, 7) is 0.694. The predicted octanol–water partition coefficient (Wildman–Crippen LogP) is -0.315. The van der Waals surface area contributed by atoms with Crippen molar-refractivity contribution in [1.29, 1.82) is 0 Å². The molecule has 3 heteroatoms.